The number of sulfonamides is 1. The van der Waals surface area contributed by atoms with Crippen LogP contribution in [0.2, 0.25) is 5.02 Å². The molecule has 2 aromatic heterocycles. The van der Waals surface area contributed by atoms with Gasteiger partial charge in [0.25, 0.3) is 0 Å². The molecule has 0 saturated heterocycles. The molecule has 152 valence electrons. The fourth-order valence-electron chi connectivity index (χ4n) is 3.74. The Kier molecular flexibility index (Phi) is 5.99. The summed E-state index contributed by atoms with van der Waals surface area (Å²) >= 11 is 6.09. The first-order chi connectivity index (χ1) is 14.0. The van der Waals surface area contributed by atoms with Gasteiger partial charge in [0.15, 0.2) is 0 Å². The van der Waals surface area contributed by atoms with Gasteiger partial charge >= 0.3 is 0 Å². The Morgan fingerprint density at radius 2 is 1.86 bits per heavy atom. The van der Waals surface area contributed by atoms with Crippen LogP contribution in [0.25, 0.3) is 11.4 Å². The van der Waals surface area contributed by atoms with Crippen molar-refractivity contribution in [1.82, 2.24) is 19.5 Å². The van der Waals surface area contributed by atoms with Crippen molar-refractivity contribution in [3.05, 3.63) is 70.5 Å². The lowest BCUT2D eigenvalue weighted by Gasteiger charge is -2.14. The Bertz CT molecular complexity index is 1100. The molecule has 0 radical (unpaired) electrons. The van der Waals surface area contributed by atoms with Crippen molar-refractivity contribution in [2.45, 2.75) is 38.0 Å². The zero-order valence-electron chi connectivity index (χ0n) is 16.0. The van der Waals surface area contributed by atoms with Crippen molar-refractivity contribution in [2.24, 2.45) is 0 Å². The van der Waals surface area contributed by atoms with Crippen LogP contribution in [0.15, 0.2) is 48.7 Å². The van der Waals surface area contributed by atoms with E-state index in [1.165, 1.54) is 11.3 Å². The van der Waals surface area contributed by atoms with Crippen LogP contribution in [0.4, 0.5) is 0 Å². The Morgan fingerprint density at radius 1 is 1.07 bits per heavy atom. The van der Waals surface area contributed by atoms with E-state index >= 15 is 0 Å². The van der Waals surface area contributed by atoms with Crippen molar-refractivity contribution in [1.29, 1.82) is 0 Å². The molecule has 1 aromatic carbocycles. The minimum atomic E-state index is -3.48. The van der Waals surface area contributed by atoms with Gasteiger partial charge in [-0.1, -0.05) is 35.9 Å². The van der Waals surface area contributed by atoms with Gasteiger partial charge in [-0.3, -0.25) is 9.67 Å². The van der Waals surface area contributed by atoms with Crippen molar-refractivity contribution in [2.75, 3.05) is 6.54 Å². The molecule has 0 spiro atoms. The summed E-state index contributed by atoms with van der Waals surface area (Å²) in [5.41, 5.74) is 4.81. The molecule has 0 atom stereocenters. The zero-order valence-corrected chi connectivity index (χ0v) is 17.6. The number of pyridine rings is 1. The molecule has 29 heavy (non-hydrogen) atoms. The molecule has 1 aliphatic rings. The number of nitrogens with zero attached hydrogens (tertiary/aromatic N) is 3. The number of aromatic nitrogens is 3. The Balaban J connectivity index is 1.47. The third-order valence-corrected chi connectivity index (χ3v) is 6.82. The van der Waals surface area contributed by atoms with E-state index in [9.17, 15) is 8.42 Å². The monoisotopic (exact) mass is 430 g/mol. The zero-order chi connectivity index (χ0) is 20.3. The molecule has 0 unspecified atom stereocenters. The Labute approximate surface area is 176 Å². The number of benzene rings is 1. The molecule has 4 rings (SSSR count). The van der Waals surface area contributed by atoms with Crippen LogP contribution in [0, 0.1) is 0 Å². The first kappa shape index (κ1) is 20.1. The third-order valence-electron chi connectivity index (χ3n) is 5.11. The number of rotatable bonds is 7. The van der Waals surface area contributed by atoms with E-state index in [2.05, 4.69) is 9.71 Å². The van der Waals surface area contributed by atoms with E-state index in [0.717, 1.165) is 37.1 Å². The first-order valence-corrected chi connectivity index (χ1v) is 11.8. The van der Waals surface area contributed by atoms with Crippen molar-refractivity contribution in [3.8, 4) is 11.4 Å². The minimum absolute atomic E-state index is 0.136. The number of hydrogen-bond donors (Lipinski definition) is 1. The molecule has 0 bridgehead atoms. The maximum Gasteiger partial charge on any atom is 0.215 e. The molecule has 1 N–H and O–H groups in total. The van der Waals surface area contributed by atoms with Crippen LogP contribution < -0.4 is 4.72 Å². The maximum absolute atomic E-state index is 12.4. The lowest BCUT2D eigenvalue weighted by Crippen LogP contribution is -2.29. The predicted octanol–water partition coefficient (Wildman–Crippen LogP) is 3.60. The van der Waals surface area contributed by atoms with Crippen LogP contribution in [0.3, 0.4) is 0 Å². The molecular formula is C21H23ClN4O2S. The van der Waals surface area contributed by atoms with Gasteiger partial charge in [0.05, 0.1) is 18.0 Å². The van der Waals surface area contributed by atoms with E-state index in [-0.39, 0.29) is 12.3 Å². The van der Waals surface area contributed by atoms with Gasteiger partial charge in [-0.05, 0) is 49.4 Å². The minimum Gasteiger partial charge on any atom is -0.267 e. The average molecular weight is 431 g/mol. The Hall–Kier alpha value is -2.22. The van der Waals surface area contributed by atoms with E-state index in [1.807, 2.05) is 22.9 Å². The summed E-state index contributed by atoms with van der Waals surface area (Å²) in [6.45, 7) is 0.763. The van der Waals surface area contributed by atoms with Crippen molar-refractivity contribution in [3.63, 3.8) is 0 Å². The second-order valence-electron chi connectivity index (χ2n) is 7.16. The van der Waals surface area contributed by atoms with E-state index in [4.69, 9.17) is 16.7 Å². The highest BCUT2D eigenvalue weighted by molar-refractivity contribution is 7.88. The summed E-state index contributed by atoms with van der Waals surface area (Å²) in [7, 11) is -3.48. The van der Waals surface area contributed by atoms with Gasteiger partial charge in [-0.15, -0.1) is 0 Å². The average Bonchev–Trinajstić information content (AvgIpc) is 3.09. The van der Waals surface area contributed by atoms with Crippen LogP contribution in [0.1, 0.15) is 29.7 Å². The van der Waals surface area contributed by atoms with Crippen molar-refractivity contribution < 1.29 is 8.42 Å². The largest absolute Gasteiger partial charge is 0.267 e. The summed E-state index contributed by atoms with van der Waals surface area (Å²) in [5, 5.41) is 5.24. The van der Waals surface area contributed by atoms with Gasteiger partial charge in [0.2, 0.25) is 10.0 Å². The molecule has 6 nitrogen and oxygen atoms in total. The van der Waals surface area contributed by atoms with E-state index in [0.29, 0.717) is 17.1 Å². The second-order valence-corrected chi connectivity index (χ2v) is 9.38. The maximum atomic E-state index is 12.4. The van der Waals surface area contributed by atoms with Crippen LogP contribution >= 0.6 is 11.6 Å². The van der Waals surface area contributed by atoms with E-state index in [1.54, 1.807) is 30.5 Å². The lowest BCUT2D eigenvalue weighted by molar-refractivity contribution is 0.538. The van der Waals surface area contributed by atoms with Crippen LogP contribution in [-0.2, 0) is 35.2 Å². The molecule has 0 saturated carbocycles. The summed E-state index contributed by atoms with van der Waals surface area (Å²) in [5.74, 6) is -0.136. The SMILES string of the molecule is O=S(=O)(Cc1ccccc1Cl)NCCn1nc(-c2ccccn2)c2c1CCCC2. The lowest BCUT2D eigenvalue weighted by atomic mass is 9.95. The summed E-state index contributed by atoms with van der Waals surface area (Å²) in [4.78, 5) is 4.45. The van der Waals surface area contributed by atoms with Gasteiger partial charge < -0.3 is 0 Å². The number of hydrogen-bond acceptors (Lipinski definition) is 4. The third kappa shape index (κ3) is 4.69. The van der Waals surface area contributed by atoms with Crippen LogP contribution in [0.5, 0.6) is 0 Å². The number of fused-ring (bicyclic) bond motifs is 1. The highest BCUT2D eigenvalue weighted by Crippen LogP contribution is 2.30. The van der Waals surface area contributed by atoms with Gasteiger partial charge in [0, 0.05) is 29.0 Å². The van der Waals surface area contributed by atoms with Gasteiger partial charge in [-0.2, -0.15) is 5.10 Å². The highest BCUT2D eigenvalue weighted by atomic mass is 35.5. The topological polar surface area (TPSA) is 76.9 Å². The van der Waals surface area contributed by atoms with Gasteiger partial charge in [0.1, 0.15) is 5.69 Å². The molecular weight excluding hydrogens is 408 g/mol. The standard InChI is InChI=1S/C21H23ClN4O2S/c22-18-9-3-1-7-16(18)15-29(27,28)24-13-14-26-20-11-4-2-8-17(20)21(25-26)19-10-5-6-12-23-19/h1,3,5-7,9-10,12,24H,2,4,8,11,13-15H2. The smallest absolute Gasteiger partial charge is 0.215 e. The molecule has 3 aromatic rings. The Morgan fingerprint density at radius 3 is 2.66 bits per heavy atom. The summed E-state index contributed by atoms with van der Waals surface area (Å²) < 4.78 is 29.5. The molecule has 0 aliphatic heterocycles. The van der Waals surface area contributed by atoms with Crippen LogP contribution in [-0.4, -0.2) is 29.7 Å². The molecule has 2 heterocycles. The van der Waals surface area contributed by atoms with Crippen molar-refractivity contribution >= 4 is 21.6 Å². The molecule has 0 fully saturated rings. The number of nitrogens with one attached hydrogen (secondary N) is 1. The first-order valence-electron chi connectivity index (χ1n) is 9.74. The fourth-order valence-corrected chi connectivity index (χ4v) is 5.19. The quantitative estimate of drug-likeness (QED) is 0.621. The van der Waals surface area contributed by atoms with E-state index < -0.39 is 10.0 Å². The second kappa shape index (κ2) is 8.65. The summed E-state index contributed by atoms with van der Waals surface area (Å²) in [6, 6.07) is 12.8. The fraction of sp³-hybridized carbons (Fsp3) is 0.333. The normalized spacial score (nSPS) is 14.0. The molecule has 1 aliphatic carbocycles. The van der Waals surface area contributed by atoms with Gasteiger partial charge in [-0.25, -0.2) is 13.1 Å². The number of halogens is 1. The predicted molar refractivity (Wildman–Crippen MR) is 114 cm³/mol. The highest BCUT2D eigenvalue weighted by Gasteiger charge is 2.22. The molecule has 8 heteroatoms. The summed E-state index contributed by atoms with van der Waals surface area (Å²) in [6.07, 6.45) is 5.98. The molecule has 0 amide bonds.